The highest BCUT2D eigenvalue weighted by Crippen LogP contribution is 2.26. The summed E-state index contributed by atoms with van der Waals surface area (Å²) in [5.74, 6) is -1.24. The number of carbonyl (C=O) groups is 2. The summed E-state index contributed by atoms with van der Waals surface area (Å²) in [6, 6.07) is 11.3. The van der Waals surface area contributed by atoms with Gasteiger partial charge >= 0.3 is 5.97 Å². The van der Waals surface area contributed by atoms with Crippen LogP contribution in [0, 0.1) is 5.92 Å². The smallest absolute Gasteiger partial charge is 0.328 e. The van der Waals surface area contributed by atoms with Gasteiger partial charge in [0, 0.05) is 31.5 Å². The van der Waals surface area contributed by atoms with Gasteiger partial charge in [-0.15, -0.1) is 0 Å². The molecule has 40 heavy (non-hydrogen) atoms. The zero-order valence-corrected chi connectivity index (χ0v) is 24.1. The van der Waals surface area contributed by atoms with Crippen LogP contribution in [0.2, 0.25) is 0 Å². The van der Waals surface area contributed by atoms with Gasteiger partial charge in [-0.25, -0.2) is 21.6 Å². The van der Waals surface area contributed by atoms with Gasteiger partial charge in [-0.3, -0.25) is 18.8 Å². The van der Waals surface area contributed by atoms with E-state index in [1.807, 2.05) is 0 Å². The topological polar surface area (TPSA) is 154 Å². The van der Waals surface area contributed by atoms with E-state index in [0.29, 0.717) is 16.8 Å². The molecule has 2 aliphatic rings. The average Bonchev–Trinajstić information content (AvgIpc) is 3.18. The second kappa shape index (κ2) is 12.0. The lowest BCUT2D eigenvalue weighted by Crippen LogP contribution is -2.41. The van der Waals surface area contributed by atoms with E-state index in [2.05, 4.69) is 9.71 Å². The fourth-order valence-corrected chi connectivity index (χ4v) is 7.25. The summed E-state index contributed by atoms with van der Waals surface area (Å²) in [4.78, 5) is 30.6. The van der Waals surface area contributed by atoms with Crippen molar-refractivity contribution in [3.05, 3.63) is 59.7 Å². The molecule has 13 heteroatoms. The van der Waals surface area contributed by atoms with Gasteiger partial charge in [-0.2, -0.15) is 0 Å². The minimum Gasteiger partial charge on any atom is -0.480 e. The van der Waals surface area contributed by atoms with Crippen molar-refractivity contribution in [1.82, 2.24) is 9.62 Å². The van der Waals surface area contributed by atoms with Crippen molar-refractivity contribution < 1.29 is 31.5 Å². The van der Waals surface area contributed by atoms with Crippen molar-refractivity contribution in [2.75, 3.05) is 30.7 Å². The molecule has 11 nitrogen and oxygen atoms in total. The standard InChI is InChI=1S/C27H34N4O7S2/c1-30(26(32)20-8-4-3-5-9-20)16-17-31(39(2,35)36)21-14-12-19(13-15-21)18-23(27(33)34)28-25-22-10-6-7-11-24(22)40(37,38)29-25/h6-7,10-15,20,23H,3-5,8-9,16-18H2,1-2H3,(H,28,29)(H,33,34)/t23-/m0/s1. The van der Waals surface area contributed by atoms with Crippen LogP contribution in [-0.2, 0) is 36.1 Å². The maximum atomic E-state index is 12.8. The van der Waals surface area contributed by atoms with Crippen molar-refractivity contribution >= 4 is 43.4 Å². The molecule has 1 fully saturated rings. The molecule has 1 amide bonds. The molecule has 0 unspecified atom stereocenters. The lowest BCUT2D eigenvalue weighted by atomic mass is 9.88. The van der Waals surface area contributed by atoms with Crippen LogP contribution in [0.4, 0.5) is 5.69 Å². The molecule has 1 saturated carbocycles. The SMILES string of the molecule is CN(CCN(c1ccc(C[C@H](N=C2NS(=O)(=O)c3ccccc32)C(=O)O)cc1)S(C)(=O)=O)C(=O)C1CCCCC1. The van der Waals surface area contributed by atoms with Crippen molar-refractivity contribution in [2.45, 2.75) is 49.5 Å². The first kappa shape index (κ1) is 29.5. The molecule has 4 rings (SSSR count). The number of benzene rings is 2. The molecular weight excluding hydrogens is 556 g/mol. The number of fused-ring (bicyclic) bond motifs is 1. The molecule has 0 aromatic heterocycles. The van der Waals surface area contributed by atoms with Gasteiger partial charge in [-0.05, 0) is 42.7 Å². The van der Waals surface area contributed by atoms with Gasteiger partial charge in [0.15, 0.2) is 6.04 Å². The van der Waals surface area contributed by atoms with E-state index in [4.69, 9.17) is 0 Å². The van der Waals surface area contributed by atoms with Crippen LogP contribution in [0.1, 0.15) is 43.2 Å². The number of hydrogen-bond donors (Lipinski definition) is 2. The number of nitrogens with one attached hydrogen (secondary N) is 1. The molecule has 0 bridgehead atoms. The third kappa shape index (κ3) is 6.81. The Balaban J connectivity index is 1.47. The highest BCUT2D eigenvalue weighted by molar-refractivity contribution is 7.92. The first-order valence-corrected chi connectivity index (χ1v) is 16.4. The highest BCUT2D eigenvalue weighted by Gasteiger charge is 2.32. The summed E-state index contributed by atoms with van der Waals surface area (Å²) in [6.45, 7) is 0.318. The Bertz CT molecular complexity index is 1500. The van der Waals surface area contributed by atoms with Gasteiger partial charge in [-0.1, -0.05) is 43.5 Å². The number of likely N-dealkylation sites (N-methyl/N-ethyl adjacent to an activating group) is 1. The van der Waals surface area contributed by atoms with Gasteiger partial charge in [0.2, 0.25) is 15.9 Å². The second-order valence-corrected chi connectivity index (χ2v) is 13.8. The zero-order chi connectivity index (χ0) is 29.1. The van der Waals surface area contributed by atoms with E-state index in [1.165, 1.54) is 10.4 Å². The molecule has 1 atom stereocenters. The highest BCUT2D eigenvalue weighted by atomic mass is 32.2. The average molecular weight is 591 g/mol. The predicted molar refractivity (Wildman–Crippen MR) is 151 cm³/mol. The molecule has 0 spiro atoms. The number of nitrogens with zero attached hydrogens (tertiary/aromatic N) is 3. The summed E-state index contributed by atoms with van der Waals surface area (Å²) in [6.07, 6.45) is 5.98. The largest absolute Gasteiger partial charge is 0.480 e. The molecule has 1 heterocycles. The number of carboxylic acid groups (broad SMARTS) is 1. The number of anilines is 1. The van der Waals surface area contributed by atoms with E-state index in [9.17, 15) is 31.5 Å². The Morgan fingerprint density at radius 3 is 2.33 bits per heavy atom. The predicted octanol–water partition coefficient (Wildman–Crippen LogP) is 2.23. The van der Waals surface area contributed by atoms with Gasteiger partial charge in [0.25, 0.3) is 10.0 Å². The minimum absolute atomic E-state index is 0.0107. The van der Waals surface area contributed by atoms with Crippen molar-refractivity contribution in [1.29, 1.82) is 0 Å². The monoisotopic (exact) mass is 590 g/mol. The van der Waals surface area contributed by atoms with Crippen LogP contribution in [0.15, 0.2) is 58.4 Å². The van der Waals surface area contributed by atoms with Crippen LogP contribution in [0.3, 0.4) is 0 Å². The van der Waals surface area contributed by atoms with Crippen LogP contribution < -0.4 is 9.03 Å². The first-order chi connectivity index (χ1) is 18.9. The molecular formula is C27H34N4O7S2. The number of amidine groups is 1. The van der Waals surface area contributed by atoms with Crippen molar-refractivity contribution in [2.24, 2.45) is 10.9 Å². The maximum Gasteiger partial charge on any atom is 0.328 e. The van der Waals surface area contributed by atoms with Crippen LogP contribution in [-0.4, -0.2) is 77.0 Å². The first-order valence-electron chi connectivity index (χ1n) is 13.1. The molecule has 1 aliphatic carbocycles. The molecule has 2 aromatic rings. The Kier molecular flexibility index (Phi) is 8.83. The summed E-state index contributed by atoms with van der Waals surface area (Å²) < 4.78 is 53.4. The fraction of sp³-hybridized carbons (Fsp3) is 0.444. The number of aliphatic carboxylic acids is 1. The number of hydrogen-bond acceptors (Lipinski definition) is 7. The van der Waals surface area contributed by atoms with E-state index >= 15 is 0 Å². The lowest BCUT2D eigenvalue weighted by molar-refractivity contribution is -0.138. The lowest BCUT2D eigenvalue weighted by Gasteiger charge is -2.29. The summed E-state index contributed by atoms with van der Waals surface area (Å²) in [5, 5.41) is 9.78. The Hall–Kier alpha value is -3.45. The van der Waals surface area contributed by atoms with Crippen LogP contribution in [0.25, 0.3) is 0 Å². The molecule has 2 N–H and O–H groups in total. The number of carbonyl (C=O) groups excluding carboxylic acids is 1. The van der Waals surface area contributed by atoms with Crippen LogP contribution in [0.5, 0.6) is 0 Å². The van der Waals surface area contributed by atoms with Crippen molar-refractivity contribution in [3.8, 4) is 0 Å². The number of aliphatic imine (C=N–C) groups is 1. The Morgan fingerprint density at radius 2 is 1.70 bits per heavy atom. The number of rotatable bonds is 10. The third-order valence-corrected chi connectivity index (χ3v) is 9.85. The second-order valence-electron chi connectivity index (χ2n) is 10.2. The molecule has 1 aliphatic heterocycles. The van der Waals surface area contributed by atoms with E-state index < -0.39 is 32.1 Å². The summed E-state index contributed by atoms with van der Waals surface area (Å²) in [7, 11) is -5.78. The minimum atomic E-state index is -3.81. The van der Waals surface area contributed by atoms with E-state index in [1.54, 1.807) is 54.4 Å². The van der Waals surface area contributed by atoms with Gasteiger partial charge in [0.1, 0.15) is 5.84 Å². The zero-order valence-electron chi connectivity index (χ0n) is 22.5. The van der Waals surface area contributed by atoms with E-state index in [-0.39, 0.29) is 42.1 Å². The van der Waals surface area contributed by atoms with Gasteiger partial charge in [0.05, 0.1) is 23.4 Å². The quantitative estimate of drug-likeness (QED) is 0.430. The molecule has 216 valence electrons. The summed E-state index contributed by atoms with van der Waals surface area (Å²) in [5.41, 5.74) is 1.27. The Labute approximate surface area is 235 Å². The van der Waals surface area contributed by atoms with Gasteiger partial charge < -0.3 is 10.0 Å². The Morgan fingerprint density at radius 1 is 1.05 bits per heavy atom. The number of sulfonamides is 2. The normalized spacial score (nSPS) is 18.5. The number of carboxylic acids is 1. The van der Waals surface area contributed by atoms with Crippen molar-refractivity contribution in [3.63, 3.8) is 0 Å². The van der Waals surface area contributed by atoms with E-state index in [0.717, 1.165) is 38.4 Å². The molecule has 0 saturated heterocycles. The molecule has 2 aromatic carbocycles. The molecule has 0 radical (unpaired) electrons. The summed E-state index contributed by atoms with van der Waals surface area (Å²) >= 11 is 0. The third-order valence-electron chi connectivity index (χ3n) is 7.26. The maximum absolute atomic E-state index is 12.8. The fourth-order valence-electron chi connectivity index (χ4n) is 5.09. The number of amides is 1. The van der Waals surface area contributed by atoms with Crippen LogP contribution >= 0.6 is 0 Å².